The van der Waals surface area contributed by atoms with Crippen LogP contribution in [0.4, 0.5) is 0 Å². The number of hydrogen-bond acceptors (Lipinski definition) is 4. The second-order valence-electron chi connectivity index (χ2n) is 9.92. The molecule has 1 rings (SSSR count). The molecule has 0 spiro atoms. The Bertz CT molecular complexity index is 609. The quantitative estimate of drug-likeness (QED) is 0.126. The van der Waals surface area contributed by atoms with Crippen molar-refractivity contribution in [3.63, 3.8) is 0 Å². The van der Waals surface area contributed by atoms with Crippen LogP contribution in [0.5, 0.6) is 0 Å². The van der Waals surface area contributed by atoms with Crippen molar-refractivity contribution in [2.45, 2.75) is 142 Å². The molecule has 0 aliphatic heterocycles. The molecule has 1 aromatic heterocycles. The number of aromatic nitrogens is 1. The number of rotatable bonds is 22. The monoisotopic (exact) mass is 602 g/mol. The van der Waals surface area contributed by atoms with Gasteiger partial charge in [0.25, 0.3) is 0 Å². The van der Waals surface area contributed by atoms with Crippen molar-refractivity contribution in [3.8, 4) is 0 Å². The summed E-state index contributed by atoms with van der Waals surface area (Å²) >= 11 is 1.06. The maximum atomic E-state index is 10.3. The predicted octanol–water partition coefficient (Wildman–Crippen LogP) is 9.35. The average molecular weight is 603 g/mol. The Morgan fingerprint density at radius 1 is 0.600 bits per heavy atom. The summed E-state index contributed by atoms with van der Waals surface area (Å²) in [5.41, 5.74) is 14.7. The van der Waals surface area contributed by atoms with Crippen LogP contribution in [0.25, 0.3) is 11.5 Å². The Hall–Kier alpha value is -1.61. The molecule has 8 nitrogen and oxygen atoms in total. The van der Waals surface area contributed by atoms with Crippen LogP contribution in [0.2, 0.25) is 0 Å². The Morgan fingerprint density at radius 2 is 0.875 bits per heavy atom. The van der Waals surface area contributed by atoms with E-state index in [1.165, 1.54) is 103 Å². The molecule has 0 saturated carbocycles. The van der Waals surface area contributed by atoms with E-state index in [4.69, 9.17) is 25.4 Å². The molecule has 0 radical (unpaired) electrons. The maximum absolute atomic E-state index is 10.3. The summed E-state index contributed by atoms with van der Waals surface area (Å²) in [6.07, 6.45) is 23.9. The van der Waals surface area contributed by atoms with Gasteiger partial charge in [-0.25, -0.2) is 0 Å². The van der Waals surface area contributed by atoms with Gasteiger partial charge in [-0.3, -0.25) is 14.6 Å². The van der Waals surface area contributed by atoms with E-state index in [9.17, 15) is 9.59 Å². The van der Waals surface area contributed by atoms with Gasteiger partial charge in [-0.1, -0.05) is 135 Å². The van der Waals surface area contributed by atoms with Crippen LogP contribution in [-0.4, -0.2) is 40.2 Å². The minimum atomic E-state index is -0.982. The van der Waals surface area contributed by atoms with E-state index in [1.807, 2.05) is 0 Å². The molecule has 0 amide bonds. The van der Waals surface area contributed by atoms with Crippen LogP contribution < -0.4 is 0 Å². The molecule has 0 aliphatic carbocycles. The number of pyridine rings is 1. The summed E-state index contributed by atoms with van der Waals surface area (Å²) in [6, 6.07) is 4.71. The van der Waals surface area contributed by atoms with E-state index in [-0.39, 0.29) is 12.8 Å². The second kappa shape index (κ2) is 37.4. The number of hydrogen-bond donors (Lipinski definition) is 2. The van der Waals surface area contributed by atoms with Crippen LogP contribution in [0.3, 0.4) is 0 Å². The third-order valence-electron chi connectivity index (χ3n) is 6.09. The van der Waals surface area contributed by atoms with Crippen LogP contribution in [0.1, 0.15) is 141 Å². The number of nitrogens with zero attached hydrogens (tertiary/aromatic N) is 1. The van der Waals surface area contributed by atoms with Gasteiger partial charge >= 0.3 is 33.0 Å². The first kappa shape index (κ1) is 42.9. The van der Waals surface area contributed by atoms with Crippen molar-refractivity contribution >= 4 is 11.9 Å². The second-order valence-corrected chi connectivity index (χ2v) is 9.92. The fourth-order valence-electron chi connectivity index (χ4n) is 3.91. The number of nitrogens with one attached hydrogen (secondary N) is 2. The van der Waals surface area contributed by atoms with Crippen LogP contribution in [0.15, 0.2) is 18.2 Å². The molecule has 4 N–H and O–H groups in total. The molecule has 0 aromatic carbocycles. The molecule has 1 aromatic rings. The molecule has 1 heterocycles. The van der Waals surface area contributed by atoms with Crippen molar-refractivity contribution in [2.24, 2.45) is 0 Å². The molecule has 0 bridgehead atoms. The number of unbranched alkanes of at least 4 members (excludes halogenated alkanes) is 16. The van der Waals surface area contributed by atoms with Gasteiger partial charge in [-0.05, 0) is 12.1 Å². The van der Waals surface area contributed by atoms with Gasteiger partial charge in [0, 0.05) is 0 Å². The molecule has 9 heteroatoms. The van der Waals surface area contributed by atoms with E-state index in [1.54, 1.807) is 18.2 Å². The summed E-state index contributed by atoms with van der Waals surface area (Å²) < 4.78 is 8.19. The van der Waals surface area contributed by atoms with Crippen molar-refractivity contribution in [2.75, 3.05) is 13.1 Å². The zero-order valence-corrected chi connectivity index (χ0v) is 26.7. The topological polar surface area (TPSA) is 152 Å². The van der Waals surface area contributed by atoms with E-state index < -0.39 is 11.9 Å². The number of carboxylic acids is 2. The summed E-state index contributed by atoms with van der Waals surface area (Å²) in [6.45, 7) is 5.76. The molecule has 0 fully saturated rings. The van der Waals surface area contributed by atoms with Crippen molar-refractivity contribution in [1.82, 2.24) is 4.98 Å². The first-order chi connectivity index (χ1) is 19.4. The predicted molar refractivity (Wildman–Crippen MR) is 160 cm³/mol. The third kappa shape index (κ3) is 38.5. The number of carboxylic acid groups (broad SMARTS) is 2. The fourth-order valence-corrected chi connectivity index (χ4v) is 3.91. The van der Waals surface area contributed by atoms with E-state index in [0.717, 1.165) is 30.2 Å². The summed E-state index contributed by atoms with van der Waals surface area (Å²) in [4.78, 5) is 24.6. The van der Waals surface area contributed by atoms with Gasteiger partial charge in [0.2, 0.25) is 0 Å². The summed E-state index contributed by atoms with van der Waals surface area (Å²) in [5, 5.41) is 17.0. The molecular weight excluding hydrogens is 545 g/mol. The molecule has 0 saturated heterocycles. The number of aliphatic carboxylic acids is 2. The fraction of sp³-hybridized carbons (Fsp3) is 0.774. The van der Waals surface area contributed by atoms with E-state index in [0.29, 0.717) is 24.5 Å². The molecule has 40 heavy (non-hydrogen) atoms. The average Bonchev–Trinajstić information content (AvgIpc) is 2.93. The minimum absolute atomic E-state index is 0.187. The Balaban J connectivity index is -0.000000500. The first-order valence-corrected chi connectivity index (χ1v) is 15.8. The SMILES string of the molecule is CCCCCCCCCCC[NH-].CCCCCCCCCCC[NH-].O=C(O)Cc1cccc(CC(=O)O)n1.[O]=[V+2]. The normalized spacial score (nSPS) is 9.85. The summed E-state index contributed by atoms with van der Waals surface area (Å²) in [7, 11) is 0. The number of carbonyl (C=O) groups is 2. The zero-order valence-electron chi connectivity index (χ0n) is 25.3. The molecular formula is C31H57N3O5V. The Labute approximate surface area is 253 Å². The van der Waals surface area contributed by atoms with Crippen molar-refractivity contribution < 1.29 is 40.8 Å². The van der Waals surface area contributed by atoms with Gasteiger partial charge in [0.1, 0.15) is 0 Å². The molecule has 0 atom stereocenters. The van der Waals surface area contributed by atoms with Gasteiger partial charge in [0.05, 0.1) is 24.2 Å². The van der Waals surface area contributed by atoms with Gasteiger partial charge < -0.3 is 21.7 Å². The van der Waals surface area contributed by atoms with E-state index in [2.05, 4.69) is 18.8 Å². The van der Waals surface area contributed by atoms with E-state index >= 15 is 0 Å². The van der Waals surface area contributed by atoms with Gasteiger partial charge in [0.15, 0.2) is 0 Å². The third-order valence-corrected chi connectivity index (χ3v) is 6.09. The van der Waals surface area contributed by atoms with Crippen molar-refractivity contribution in [1.29, 1.82) is 0 Å². The molecule has 231 valence electrons. The summed E-state index contributed by atoms with van der Waals surface area (Å²) in [5.74, 6) is -1.96. The first-order valence-electron chi connectivity index (χ1n) is 15.3. The Kier molecular flexibility index (Phi) is 40.1. The van der Waals surface area contributed by atoms with Crippen LogP contribution in [0, 0.1) is 0 Å². The zero-order chi connectivity index (χ0) is 30.7. The molecule has 0 unspecified atom stereocenters. The van der Waals surface area contributed by atoms with Crippen LogP contribution >= 0.6 is 0 Å². The van der Waals surface area contributed by atoms with Gasteiger partial charge in [-0.2, -0.15) is 13.1 Å². The van der Waals surface area contributed by atoms with Gasteiger partial charge in [-0.15, -0.1) is 0 Å². The molecule has 0 aliphatic rings. The standard InChI is InChI=1S/2C11H24N.C9H9NO4.O.V/c2*1-2-3-4-5-6-7-8-9-10-11-12;11-8(12)4-6-2-1-3-7(10-6)5-9(13)14;;/h2*12H,2-11H2,1H3;1-3H,4-5H2,(H,11,12)(H,13,14);;/q2*-1;;;+2. The van der Waals surface area contributed by atoms with Crippen molar-refractivity contribution in [3.05, 3.63) is 41.1 Å². The Morgan fingerprint density at radius 3 is 1.12 bits per heavy atom. The van der Waals surface area contributed by atoms with Crippen LogP contribution in [-0.2, 0) is 43.5 Å².